The van der Waals surface area contributed by atoms with Crippen LogP contribution in [0.2, 0.25) is 0 Å². The minimum Gasteiger partial charge on any atom is -0.506 e. The SMILES string of the molecule is Cc1nc2c(c(C)c1O)/C(=C/c1ccc3ccccc3c1)C(=O)N2. The summed E-state index contributed by atoms with van der Waals surface area (Å²) in [6, 6.07) is 14.2. The van der Waals surface area contributed by atoms with Gasteiger partial charge in [0.2, 0.25) is 0 Å². The molecule has 0 spiro atoms. The van der Waals surface area contributed by atoms with Crippen molar-refractivity contribution in [2.45, 2.75) is 13.8 Å². The van der Waals surface area contributed by atoms with Crippen molar-refractivity contribution >= 4 is 34.1 Å². The number of aromatic hydroxyl groups is 1. The van der Waals surface area contributed by atoms with Crippen LogP contribution < -0.4 is 5.32 Å². The number of benzene rings is 2. The van der Waals surface area contributed by atoms with Gasteiger partial charge in [0.25, 0.3) is 5.91 Å². The summed E-state index contributed by atoms with van der Waals surface area (Å²) in [6.07, 6.45) is 1.84. The molecule has 24 heavy (non-hydrogen) atoms. The van der Waals surface area contributed by atoms with Crippen molar-refractivity contribution in [3.8, 4) is 5.75 Å². The van der Waals surface area contributed by atoms with E-state index in [0.29, 0.717) is 28.2 Å². The molecule has 4 rings (SSSR count). The van der Waals surface area contributed by atoms with Crippen LogP contribution in [0.25, 0.3) is 22.4 Å². The number of carbonyl (C=O) groups excluding carboxylic acids is 1. The van der Waals surface area contributed by atoms with E-state index in [0.717, 1.165) is 16.3 Å². The maximum Gasteiger partial charge on any atom is 0.257 e. The van der Waals surface area contributed by atoms with Gasteiger partial charge in [0.1, 0.15) is 11.6 Å². The molecule has 3 aromatic rings. The number of carbonyl (C=O) groups is 1. The van der Waals surface area contributed by atoms with Crippen LogP contribution in [-0.2, 0) is 4.79 Å². The number of rotatable bonds is 1. The molecule has 2 aromatic carbocycles. The van der Waals surface area contributed by atoms with E-state index in [1.165, 1.54) is 0 Å². The van der Waals surface area contributed by atoms with Gasteiger partial charge in [-0.05, 0) is 42.3 Å². The van der Waals surface area contributed by atoms with Gasteiger partial charge in [-0.2, -0.15) is 0 Å². The first-order valence-electron chi connectivity index (χ1n) is 7.77. The summed E-state index contributed by atoms with van der Waals surface area (Å²) in [5.74, 6) is 0.452. The molecule has 1 aromatic heterocycles. The van der Waals surface area contributed by atoms with Gasteiger partial charge in [0.05, 0.1) is 11.3 Å². The summed E-state index contributed by atoms with van der Waals surface area (Å²) in [5.41, 5.74) is 3.32. The van der Waals surface area contributed by atoms with Crippen molar-refractivity contribution < 1.29 is 9.90 Å². The molecule has 1 amide bonds. The van der Waals surface area contributed by atoms with Crippen LogP contribution in [0.4, 0.5) is 5.82 Å². The molecule has 0 bridgehead atoms. The molecule has 0 aliphatic carbocycles. The van der Waals surface area contributed by atoms with Crippen LogP contribution in [0.1, 0.15) is 22.4 Å². The number of pyridine rings is 1. The van der Waals surface area contributed by atoms with Gasteiger partial charge >= 0.3 is 0 Å². The standard InChI is InChI=1S/C20H16N2O2/c1-11-17-16(20(24)22-19(17)21-12(2)18(11)23)10-13-7-8-14-5-3-4-6-15(14)9-13/h3-10,23H,1-2H3,(H,21,22,24)/b16-10-. The third-order valence-electron chi connectivity index (χ3n) is 4.42. The first-order valence-corrected chi connectivity index (χ1v) is 7.77. The van der Waals surface area contributed by atoms with Crippen molar-refractivity contribution in [2.75, 3.05) is 5.32 Å². The molecule has 0 saturated heterocycles. The number of fused-ring (bicyclic) bond motifs is 2. The van der Waals surface area contributed by atoms with E-state index < -0.39 is 0 Å². The van der Waals surface area contributed by atoms with Crippen molar-refractivity contribution in [1.29, 1.82) is 0 Å². The van der Waals surface area contributed by atoms with Gasteiger partial charge in [0, 0.05) is 11.1 Å². The number of aryl methyl sites for hydroxylation is 1. The summed E-state index contributed by atoms with van der Waals surface area (Å²) >= 11 is 0. The van der Waals surface area contributed by atoms with Gasteiger partial charge in [-0.1, -0.05) is 36.4 Å². The number of anilines is 1. The Bertz CT molecular complexity index is 1040. The highest BCUT2D eigenvalue weighted by atomic mass is 16.3. The fraction of sp³-hybridized carbons (Fsp3) is 0.100. The average molecular weight is 316 g/mol. The first kappa shape index (κ1) is 14.5. The zero-order valence-corrected chi connectivity index (χ0v) is 13.4. The van der Waals surface area contributed by atoms with Crippen LogP contribution in [-0.4, -0.2) is 16.0 Å². The van der Waals surface area contributed by atoms with Gasteiger partial charge in [0.15, 0.2) is 0 Å². The van der Waals surface area contributed by atoms with E-state index >= 15 is 0 Å². The monoisotopic (exact) mass is 316 g/mol. The molecular formula is C20H16N2O2. The van der Waals surface area contributed by atoms with E-state index in [1.54, 1.807) is 13.8 Å². The Morgan fingerprint density at radius 3 is 2.62 bits per heavy atom. The lowest BCUT2D eigenvalue weighted by Crippen LogP contribution is -2.04. The highest BCUT2D eigenvalue weighted by Crippen LogP contribution is 2.39. The van der Waals surface area contributed by atoms with E-state index in [1.807, 2.05) is 42.5 Å². The molecule has 4 heteroatoms. The molecule has 0 fully saturated rings. The highest BCUT2D eigenvalue weighted by Gasteiger charge is 2.29. The minimum atomic E-state index is -0.196. The molecule has 0 radical (unpaired) electrons. The Morgan fingerprint density at radius 1 is 1.08 bits per heavy atom. The van der Waals surface area contributed by atoms with E-state index in [2.05, 4.69) is 16.4 Å². The second-order valence-electron chi connectivity index (χ2n) is 6.01. The lowest BCUT2D eigenvalue weighted by atomic mass is 9.99. The number of hydrogen-bond acceptors (Lipinski definition) is 3. The molecule has 4 nitrogen and oxygen atoms in total. The van der Waals surface area contributed by atoms with Gasteiger partial charge in [-0.15, -0.1) is 0 Å². The van der Waals surface area contributed by atoms with E-state index in [-0.39, 0.29) is 11.7 Å². The summed E-state index contributed by atoms with van der Waals surface area (Å²) in [7, 11) is 0. The molecule has 118 valence electrons. The number of nitrogens with one attached hydrogen (secondary N) is 1. The lowest BCUT2D eigenvalue weighted by molar-refractivity contribution is -0.110. The normalized spacial score (nSPS) is 14.9. The summed E-state index contributed by atoms with van der Waals surface area (Å²) in [4.78, 5) is 16.7. The lowest BCUT2D eigenvalue weighted by Gasteiger charge is -2.08. The molecular weight excluding hydrogens is 300 g/mol. The van der Waals surface area contributed by atoms with Gasteiger partial charge in [-0.25, -0.2) is 4.98 Å². The number of nitrogens with zero attached hydrogens (tertiary/aromatic N) is 1. The Labute approximate surface area is 139 Å². The maximum atomic E-state index is 12.4. The third kappa shape index (κ3) is 2.15. The molecule has 2 N–H and O–H groups in total. The quantitative estimate of drug-likeness (QED) is 0.666. The summed E-state index contributed by atoms with van der Waals surface area (Å²) < 4.78 is 0. The Morgan fingerprint density at radius 2 is 1.83 bits per heavy atom. The fourth-order valence-corrected chi connectivity index (χ4v) is 3.15. The predicted molar refractivity (Wildman–Crippen MR) is 95.8 cm³/mol. The third-order valence-corrected chi connectivity index (χ3v) is 4.42. The number of hydrogen-bond donors (Lipinski definition) is 2. The Hall–Kier alpha value is -3.14. The number of aromatic nitrogens is 1. The molecule has 1 aliphatic heterocycles. The summed E-state index contributed by atoms with van der Waals surface area (Å²) in [5, 5.41) is 15.2. The van der Waals surface area contributed by atoms with Gasteiger partial charge in [-0.3, -0.25) is 4.79 Å². The topological polar surface area (TPSA) is 62.2 Å². The second-order valence-corrected chi connectivity index (χ2v) is 6.01. The van der Waals surface area contributed by atoms with Crippen molar-refractivity contribution in [3.63, 3.8) is 0 Å². The van der Waals surface area contributed by atoms with Crippen molar-refractivity contribution in [3.05, 3.63) is 64.8 Å². The predicted octanol–water partition coefficient (Wildman–Crippen LogP) is 4.05. The Balaban J connectivity index is 1.89. The zero-order chi connectivity index (χ0) is 16.8. The molecule has 2 heterocycles. The fourth-order valence-electron chi connectivity index (χ4n) is 3.15. The van der Waals surface area contributed by atoms with Crippen LogP contribution in [0.15, 0.2) is 42.5 Å². The zero-order valence-electron chi connectivity index (χ0n) is 13.4. The van der Waals surface area contributed by atoms with E-state index in [4.69, 9.17) is 0 Å². The average Bonchev–Trinajstić information content (AvgIpc) is 2.88. The highest BCUT2D eigenvalue weighted by molar-refractivity contribution is 6.35. The first-order chi connectivity index (χ1) is 11.5. The maximum absolute atomic E-state index is 12.4. The molecule has 1 aliphatic rings. The van der Waals surface area contributed by atoms with Crippen LogP contribution >= 0.6 is 0 Å². The van der Waals surface area contributed by atoms with Crippen LogP contribution in [0.5, 0.6) is 5.75 Å². The van der Waals surface area contributed by atoms with Crippen molar-refractivity contribution in [2.24, 2.45) is 0 Å². The Kier molecular flexibility index (Phi) is 3.13. The molecule has 0 atom stereocenters. The molecule has 0 saturated carbocycles. The van der Waals surface area contributed by atoms with Crippen LogP contribution in [0, 0.1) is 13.8 Å². The summed E-state index contributed by atoms with van der Waals surface area (Å²) in [6.45, 7) is 3.52. The van der Waals surface area contributed by atoms with E-state index in [9.17, 15) is 9.90 Å². The van der Waals surface area contributed by atoms with Gasteiger partial charge < -0.3 is 10.4 Å². The van der Waals surface area contributed by atoms with Crippen LogP contribution in [0.3, 0.4) is 0 Å². The number of amides is 1. The largest absolute Gasteiger partial charge is 0.506 e. The second kappa shape index (κ2) is 5.20. The molecule has 0 unspecified atom stereocenters. The smallest absolute Gasteiger partial charge is 0.257 e. The van der Waals surface area contributed by atoms with Crippen molar-refractivity contribution in [1.82, 2.24) is 4.98 Å². The minimum absolute atomic E-state index is 0.134.